The number of nitrogens with zero attached hydrogens (tertiary/aromatic N) is 2. The molecule has 2 aromatic rings. The number of nitriles is 1. The third-order valence-electron chi connectivity index (χ3n) is 2.77. The largest absolute Gasteiger partial charge is 0.282 e. The molecular weight excluding hydrogens is 354 g/mol. The number of halogens is 1. The maximum Gasteiger partial charge on any atom is 0.237 e. The van der Waals surface area contributed by atoms with E-state index in [4.69, 9.17) is 5.26 Å². The van der Waals surface area contributed by atoms with Crippen LogP contribution in [0.15, 0.2) is 41.1 Å². The molecule has 0 amide bonds. The molecule has 0 aliphatic heterocycles. The number of benzene rings is 1. The third kappa shape index (κ3) is 4.03. The molecule has 0 saturated heterocycles. The summed E-state index contributed by atoms with van der Waals surface area (Å²) in [4.78, 5) is 4.04. The Morgan fingerprint density at radius 3 is 2.76 bits per heavy atom. The van der Waals surface area contributed by atoms with Crippen molar-refractivity contribution < 1.29 is 8.42 Å². The molecule has 0 fully saturated rings. The number of anilines is 1. The van der Waals surface area contributed by atoms with Gasteiger partial charge in [0, 0.05) is 0 Å². The quantitative estimate of drug-likeness (QED) is 0.844. The minimum absolute atomic E-state index is 0.258. The Kier molecular flexibility index (Phi) is 4.60. The van der Waals surface area contributed by atoms with Crippen LogP contribution in [0.3, 0.4) is 0 Å². The molecule has 21 heavy (non-hydrogen) atoms. The van der Waals surface area contributed by atoms with Gasteiger partial charge in [-0.1, -0.05) is 18.2 Å². The highest BCUT2D eigenvalue weighted by molar-refractivity contribution is 9.10. The van der Waals surface area contributed by atoms with Gasteiger partial charge in [-0.2, -0.15) is 5.26 Å². The molecular formula is C14H12BrN3O2S. The molecule has 1 heterocycles. The molecule has 1 aromatic carbocycles. The Balaban J connectivity index is 2.23. The monoisotopic (exact) mass is 365 g/mol. The molecule has 2 rings (SSSR count). The van der Waals surface area contributed by atoms with Gasteiger partial charge >= 0.3 is 0 Å². The number of aromatic nitrogens is 1. The van der Waals surface area contributed by atoms with Crippen molar-refractivity contribution in [2.75, 3.05) is 4.72 Å². The predicted molar refractivity (Wildman–Crippen MR) is 84.1 cm³/mol. The average molecular weight is 366 g/mol. The molecule has 5 nitrogen and oxygen atoms in total. The molecule has 0 saturated carbocycles. The maximum atomic E-state index is 12.2. The summed E-state index contributed by atoms with van der Waals surface area (Å²) in [7, 11) is -3.61. The Hall–Kier alpha value is -1.91. The molecule has 7 heteroatoms. The molecule has 1 N–H and O–H groups in total. The standard InChI is InChI=1S/C14H12BrN3O2S/c1-10-6-13(8-17-14(10)15)18-21(19,20)9-12-5-3-2-4-11(12)7-16/h2-6,8,18H,9H2,1H3. The van der Waals surface area contributed by atoms with E-state index in [1.165, 1.54) is 6.20 Å². The van der Waals surface area contributed by atoms with Crippen LogP contribution in [0.5, 0.6) is 0 Å². The number of hydrogen-bond donors (Lipinski definition) is 1. The Morgan fingerprint density at radius 2 is 2.10 bits per heavy atom. The van der Waals surface area contributed by atoms with E-state index in [1.54, 1.807) is 30.3 Å². The van der Waals surface area contributed by atoms with E-state index in [2.05, 4.69) is 25.6 Å². The zero-order valence-electron chi connectivity index (χ0n) is 11.2. The fraction of sp³-hybridized carbons (Fsp3) is 0.143. The van der Waals surface area contributed by atoms with E-state index < -0.39 is 10.0 Å². The van der Waals surface area contributed by atoms with Crippen molar-refractivity contribution in [3.63, 3.8) is 0 Å². The van der Waals surface area contributed by atoms with Crippen molar-refractivity contribution in [2.45, 2.75) is 12.7 Å². The van der Waals surface area contributed by atoms with Crippen LogP contribution < -0.4 is 4.72 Å². The highest BCUT2D eigenvalue weighted by atomic mass is 79.9. The lowest BCUT2D eigenvalue weighted by atomic mass is 10.1. The van der Waals surface area contributed by atoms with Gasteiger partial charge in [0.15, 0.2) is 0 Å². The van der Waals surface area contributed by atoms with Crippen molar-refractivity contribution in [2.24, 2.45) is 0 Å². The second kappa shape index (κ2) is 6.24. The zero-order valence-corrected chi connectivity index (χ0v) is 13.6. The molecule has 0 radical (unpaired) electrons. The van der Waals surface area contributed by atoms with Gasteiger partial charge in [0.25, 0.3) is 0 Å². The SMILES string of the molecule is Cc1cc(NS(=O)(=O)Cc2ccccc2C#N)cnc1Br. The summed E-state index contributed by atoms with van der Waals surface area (Å²) < 4.78 is 27.5. The fourth-order valence-corrected chi connectivity index (χ4v) is 3.21. The first-order chi connectivity index (χ1) is 9.91. The summed E-state index contributed by atoms with van der Waals surface area (Å²) in [5, 5.41) is 8.99. The predicted octanol–water partition coefficient (Wildman–Crippen LogP) is 2.97. The molecule has 0 aliphatic carbocycles. The van der Waals surface area contributed by atoms with Crippen LogP contribution in [-0.4, -0.2) is 13.4 Å². The fourth-order valence-electron chi connectivity index (χ4n) is 1.79. The van der Waals surface area contributed by atoms with Crippen molar-refractivity contribution in [1.82, 2.24) is 4.98 Å². The van der Waals surface area contributed by atoms with Crippen LogP contribution in [0.4, 0.5) is 5.69 Å². The summed E-state index contributed by atoms with van der Waals surface area (Å²) in [6.45, 7) is 1.82. The number of rotatable bonds is 4. The molecule has 0 unspecified atom stereocenters. The molecule has 108 valence electrons. The zero-order chi connectivity index (χ0) is 15.5. The first-order valence-electron chi connectivity index (χ1n) is 6.02. The van der Waals surface area contributed by atoms with Crippen LogP contribution in [0.1, 0.15) is 16.7 Å². The second-order valence-electron chi connectivity index (χ2n) is 4.46. The highest BCUT2D eigenvalue weighted by Gasteiger charge is 2.15. The van der Waals surface area contributed by atoms with Crippen molar-refractivity contribution in [1.29, 1.82) is 5.26 Å². The molecule has 0 atom stereocenters. The minimum Gasteiger partial charge on any atom is -0.282 e. The van der Waals surface area contributed by atoms with Crippen molar-refractivity contribution in [3.05, 3.63) is 57.8 Å². The van der Waals surface area contributed by atoms with Crippen LogP contribution in [-0.2, 0) is 15.8 Å². The van der Waals surface area contributed by atoms with E-state index in [9.17, 15) is 8.42 Å². The van der Waals surface area contributed by atoms with Gasteiger partial charge in [-0.3, -0.25) is 4.72 Å². The Labute approximate surface area is 131 Å². The summed E-state index contributed by atoms with van der Waals surface area (Å²) in [5.74, 6) is -0.258. The van der Waals surface area contributed by atoms with Crippen molar-refractivity contribution in [3.8, 4) is 6.07 Å². The summed E-state index contributed by atoms with van der Waals surface area (Å²) >= 11 is 3.26. The lowest BCUT2D eigenvalue weighted by Gasteiger charge is -2.09. The first kappa shape index (κ1) is 15.5. The number of nitrogens with one attached hydrogen (secondary N) is 1. The van der Waals surface area contributed by atoms with Crippen LogP contribution in [0.25, 0.3) is 0 Å². The Morgan fingerprint density at radius 1 is 1.38 bits per heavy atom. The van der Waals surface area contributed by atoms with Gasteiger partial charge in [-0.15, -0.1) is 0 Å². The van der Waals surface area contributed by atoms with Crippen LogP contribution in [0.2, 0.25) is 0 Å². The minimum atomic E-state index is -3.61. The van der Waals surface area contributed by atoms with E-state index in [0.29, 0.717) is 21.4 Å². The van der Waals surface area contributed by atoms with E-state index in [0.717, 1.165) is 5.56 Å². The molecule has 0 bridgehead atoms. The summed E-state index contributed by atoms with van der Waals surface area (Å²) in [6, 6.07) is 10.3. The first-order valence-corrected chi connectivity index (χ1v) is 8.46. The van der Waals surface area contributed by atoms with E-state index in [1.807, 2.05) is 13.0 Å². The van der Waals surface area contributed by atoms with Gasteiger partial charge in [0.05, 0.1) is 29.3 Å². The molecule has 1 aromatic heterocycles. The summed E-state index contributed by atoms with van der Waals surface area (Å²) in [6.07, 6.45) is 1.44. The van der Waals surface area contributed by atoms with E-state index >= 15 is 0 Å². The van der Waals surface area contributed by atoms with Gasteiger partial charge in [-0.05, 0) is 46.1 Å². The number of aryl methyl sites for hydroxylation is 1. The lowest BCUT2D eigenvalue weighted by Crippen LogP contribution is -2.16. The highest BCUT2D eigenvalue weighted by Crippen LogP contribution is 2.19. The summed E-state index contributed by atoms with van der Waals surface area (Å²) in [5.41, 5.74) is 2.04. The van der Waals surface area contributed by atoms with Gasteiger partial charge < -0.3 is 0 Å². The van der Waals surface area contributed by atoms with Gasteiger partial charge in [-0.25, -0.2) is 13.4 Å². The normalized spacial score (nSPS) is 10.9. The number of sulfonamides is 1. The number of hydrogen-bond acceptors (Lipinski definition) is 4. The second-order valence-corrected chi connectivity index (χ2v) is 6.94. The topological polar surface area (TPSA) is 82.9 Å². The van der Waals surface area contributed by atoms with Gasteiger partial charge in [0.1, 0.15) is 4.60 Å². The average Bonchev–Trinajstić information content (AvgIpc) is 2.43. The van der Waals surface area contributed by atoms with Gasteiger partial charge in [0.2, 0.25) is 10.0 Å². The molecule has 0 aliphatic rings. The smallest absolute Gasteiger partial charge is 0.237 e. The maximum absolute atomic E-state index is 12.2. The molecule has 0 spiro atoms. The third-order valence-corrected chi connectivity index (χ3v) is 4.84. The Bertz CT molecular complexity index is 813. The van der Waals surface area contributed by atoms with Crippen LogP contribution in [0, 0.1) is 18.3 Å². The van der Waals surface area contributed by atoms with Crippen LogP contribution >= 0.6 is 15.9 Å². The lowest BCUT2D eigenvalue weighted by molar-refractivity contribution is 0.600. The van der Waals surface area contributed by atoms with E-state index in [-0.39, 0.29) is 5.75 Å². The van der Waals surface area contributed by atoms with Crippen molar-refractivity contribution >= 4 is 31.6 Å². The number of pyridine rings is 1.